The number of fused-ring (bicyclic) bond motifs is 1. The maximum absolute atomic E-state index is 13.5. The van der Waals surface area contributed by atoms with Gasteiger partial charge < -0.3 is 4.90 Å². The first-order chi connectivity index (χ1) is 14.6. The standard InChI is InChI=1S/C24H24N4OS/c1-4-17-8-7-10-21-22(17)26-24(30-21)28(16-19-9-5-6-15-25-19)23(29)18-11-13-20(14-12-18)27(2)3/h5-15H,4,16H2,1-3H3. The Hall–Kier alpha value is -3.25. The first-order valence-corrected chi connectivity index (χ1v) is 10.8. The van der Waals surface area contributed by atoms with Crippen molar-refractivity contribution in [2.24, 2.45) is 0 Å². The van der Waals surface area contributed by atoms with Crippen molar-refractivity contribution in [3.05, 3.63) is 83.7 Å². The van der Waals surface area contributed by atoms with E-state index in [0.29, 0.717) is 17.2 Å². The Morgan fingerprint density at radius 2 is 1.80 bits per heavy atom. The number of nitrogens with zero attached hydrogens (tertiary/aromatic N) is 4. The topological polar surface area (TPSA) is 49.3 Å². The molecule has 30 heavy (non-hydrogen) atoms. The number of benzene rings is 2. The van der Waals surface area contributed by atoms with E-state index in [1.54, 1.807) is 22.4 Å². The second-order valence-electron chi connectivity index (χ2n) is 7.27. The maximum atomic E-state index is 13.5. The lowest BCUT2D eigenvalue weighted by molar-refractivity contribution is 0.0985. The van der Waals surface area contributed by atoms with E-state index in [2.05, 4.69) is 24.0 Å². The van der Waals surface area contributed by atoms with Gasteiger partial charge in [0.15, 0.2) is 5.13 Å². The third-order valence-electron chi connectivity index (χ3n) is 5.03. The van der Waals surface area contributed by atoms with E-state index in [1.165, 1.54) is 5.56 Å². The average Bonchev–Trinajstić information content (AvgIpc) is 3.22. The van der Waals surface area contributed by atoms with Crippen LogP contribution in [0.3, 0.4) is 0 Å². The Kier molecular flexibility index (Phi) is 5.77. The number of pyridine rings is 1. The molecular formula is C24H24N4OS. The van der Waals surface area contributed by atoms with Crippen molar-refractivity contribution in [3.8, 4) is 0 Å². The summed E-state index contributed by atoms with van der Waals surface area (Å²) >= 11 is 1.54. The number of hydrogen-bond acceptors (Lipinski definition) is 5. The smallest absolute Gasteiger partial charge is 0.260 e. The lowest BCUT2D eigenvalue weighted by Gasteiger charge is -2.20. The number of anilines is 2. The third-order valence-corrected chi connectivity index (χ3v) is 6.07. The molecule has 0 fully saturated rings. The number of aryl methyl sites for hydroxylation is 1. The molecule has 4 aromatic rings. The fourth-order valence-corrected chi connectivity index (χ4v) is 4.34. The second-order valence-corrected chi connectivity index (χ2v) is 8.28. The van der Waals surface area contributed by atoms with Crippen LogP contribution in [-0.2, 0) is 13.0 Å². The van der Waals surface area contributed by atoms with Gasteiger partial charge in [0.2, 0.25) is 0 Å². The molecule has 0 aliphatic heterocycles. The van der Waals surface area contributed by atoms with E-state index in [1.807, 2.05) is 67.5 Å². The van der Waals surface area contributed by atoms with Crippen LogP contribution in [0.15, 0.2) is 66.9 Å². The number of hydrogen-bond donors (Lipinski definition) is 0. The van der Waals surface area contributed by atoms with E-state index in [0.717, 1.165) is 28.0 Å². The van der Waals surface area contributed by atoms with E-state index in [9.17, 15) is 4.79 Å². The van der Waals surface area contributed by atoms with Gasteiger partial charge in [-0.15, -0.1) is 0 Å². The van der Waals surface area contributed by atoms with Crippen LogP contribution in [0, 0.1) is 0 Å². The second kappa shape index (κ2) is 8.63. The minimum absolute atomic E-state index is 0.0805. The van der Waals surface area contributed by atoms with Crippen molar-refractivity contribution < 1.29 is 4.79 Å². The van der Waals surface area contributed by atoms with Gasteiger partial charge in [0.25, 0.3) is 5.91 Å². The highest BCUT2D eigenvalue weighted by Gasteiger charge is 2.23. The summed E-state index contributed by atoms with van der Waals surface area (Å²) in [4.78, 5) is 26.5. The zero-order valence-electron chi connectivity index (χ0n) is 17.4. The molecule has 2 aromatic carbocycles. The monoisotopic (exact) mass is 416 g/mol. The highest BCUT2D eigenvalue weighted by Crippen LogP contribution is 2.32. The molecule has 2 heterocycles. The molecule has 152 valence electrons. The number of carbonyl (C=O) groups is 1. The first kappa shape index (κ1) is 20.0. The molecular weight excluding hydrogens is 392 g/mol. The van der Waals surface area contributed by atoms with Crippen LogP contribution >= 0.6 is 11.3 Å². The number of rotatable bonds is 6. The summed E-state index contributed by atoms with van der Waals surface area (Å²) in [6.45, 7) is 2.49. The zero-order valence-corrected chi connectivity index (χ0v) is 18.2. The first-order valence-electron chi connectivity index (χ1n) is 9.94. The quantitative estimate of drug-likeness (QED) is 0.435. The van der Waals surface area contributed by atoms with Crippen molar-refractivity contribution in [1.29, 1.82) is 0 Å². The number of amides is 1. The minimum atomic E-state index is -0.0805. The molecule has 0 aliphatic rings. The van der Waals surface area contributed by atoms with Gasteiger partial charge in [-0.25, -0.2) is 4.98 Å². The van der Waals surface area contributed by atoms with Crippen molar-refractivity contribution >= 4 is 38.3 Å². The molecule has 0 unspecified atom stereocenters. The van der Waals surface area contributed by atoms with Crippen LogP contribution in [0.1, 0.15) is 28.5 Å². The average molecular weight is 417 g/mol. The molecule has 0 saturated carbocycles. The summed E-state index contributed by atoms with van der Waals surface area (Å²) in [6, 6.07) is 19.6. The molecule has 0 atom stereocenters. The highest BCUT2D eigenvalue weighted by molar-refractivity contribution is 7.22. The molecule has 0 saturated heterocycles. The van der Waals surface area contributed by atoms with Gasteiger partial charge in [0.05, 0.1) is 22.5 Å². The lowest BCUT2D eigenvalue weighted by atomic mass is 10.1. The predicted octanol–water partition coefficient (Wildman–Crippen LogP) is 5.17. The molecule has 4 rings (SSSR count). The molecule has 0 spiro atoms. The summed E-state index contributed by atoms with van der Waals surface area (Å²) in [6.07, 6.45) is 2.65. The van der Waals surface area contributed by atoms with Crippen LogP contribution < -0.4 is 9.80 Å². The van der Waals surface area contributed by atoms with Crippen molar-refractivity contribution in [1.82, 2.24) is 9.97 Å². The van der Waals surface area contributed by atoms with E-state index >= 15 is 0 Å². The summed E-state index contributed by atoms with van der Waals surface area (Å²) in [5.74, 6) is -0.0805. The van der Waals surface area contributed by atoms with Crippen LogP contribution in [0.25, 0.3) is 10.2 Å². The van der Waals surface area contributed by atoms with Gasteiger partial charge in [-0.1, -0.05) is 36.5 Å². The normalized spacial score (nSPS) is 10.9. The largest absolute Gasteiger partial charge is 0.378 e. The Labute approximate surface area is 180 Å². The Morgan fingerprint density at radius 1 is 1.00 bits per heavy atom. The van der Waals surface area contributed by atoms with Crippen LogP contribution in [-0.4, -0.2) is 30.0 Å². The van der Waals surface area contributed by atoms with Crippen molar-refractivity contribution in [2.45, 2.75) is 19.9 Å². The SMILES string of the molecule is CCc1cccc2sc(N(Cc3ccccn3)C(=O)c3ccc(N(C)C)cc3)nc12. The molecule has 2 aromatic heterocycles. The summed E-state index contributed by atoms with van der Waals surface area (Å²) in [5.41, 5.74) is 4.67. The van der Waals surface area contributed by atoms with Crippen LogP contribution in [0.4, 0.5) is 10.8 Å². The van der Waals surface area contributed by atoms with Gasteiger partial charge in [-0.2, -0.15) is 0 Å². The summed E-state index contributed by atoms with van der Waals surface area (Å²) < 4.78 is 1.09. The Balaban J connectivity index is 1.75. The lowest BCUT2D eigenvalue weighted by Crippen LogP contribution is -2.30. The molecule has 0 aliphatic carbocycles. The Morgan fingerprint density at radius 3 is 2.47 bits per heavy atom. The molecule has 0 radical (unpaired) electrons. The van der Waals surface area contributed by atoms with Gasteiger partial charge in [0.1, 0.15) is 0 Å². The predicted molar refractivity (Wildman–Crippen MR) is 125 cm³/mol. The number of carbonyl (C=O) groups excluding carboxylic acids is 1. The molecule has 0 N–H and O–H groups in total. The fourth-order valence-electron chi connectivity index (χ4n) is 3.33. The molecule has 5 nitrogen and oxygen atoms in total. The van der Waals surface area contributed by atoms with Crippen molar-refractivity contribution in [2.75, 3.05) is 23.9 Å². The molecule has 0 bridgehead atoms. The summed E-state index contributed by atoms with van der Waals surface area (Å²) in [5, 5.41) is 0.693. The van der Waals surface area contributed by atoms with Crippen LogP contribution in [0.5, 0.6) is 0 Å². The van der Waals surface area contributed by atoms with E-state index in [4.69, 9.17) is 4.98 Å². The fraction of sp³-hybridized carbons (Fsp3) is 0.208. The third kappa shape index (κ3) is 4.04. The van der Waals surface area contributed by atoms with Gasteiger partial charge in [-0.05, 0) is 54.4 Å². The molecule has 6 heteroatoms. The number of para-hydroxylation sites is 1. The van der Waals surface area contributed by atoms with Gasteiger partial charge in [-0.3, -0.25) is 14.7 Å². The van der Waals surface area contributed by atoms with Gasteiger partial charge >= 0.3 is 0 Å². The Bertz CT molecular complexity index is 1150. The summed E-state index contributed by atoms with van der Waals surface area (Å²) in [7, 11) is 3.97. The minimum Gasteiger partial charge on any atom is -0.378 e. The van der Waals surface area contributed by atoms with Gasteiger partial charge in [0, 0.05) is 31.5 Å². The van der Waals surface area contributed by atoms with E-state index in [-0.39, 0.29) is 5.91 Å². The number of thiazole rings is 1. The molecule has 1 amide bonds. The maximum Gasteiger partial charge on any atom is 0.260 e. The highest BCUT2D eigenvalue weighted by atomic mass is 32.1. The zero-order chi connectivity index (χ0) is 21.1. The van der Waals surface area contributed by atoms with Crippen LogP contribution in [0.2, 0.25) is 0 Å². The van der Waals surface area contributed by atoms with Crippen molar-refractivity contribution in [3.63, 3.8) is 0 Å². The number of aromatic nitrogens is 2. The van der Waals surface area contributed by atoms with E-state index < -0.39 is 0 Å².